The van der Waals surface area contributed by atoms with Crippen molar-refractivity contribution >= 4 is 39.3 Å². The number of rotatable bonds is 3. The number of thiazole rings is 1. The van der Waals surface area contributed by atoms with E-state index in [0.29, 0.717) is 25.1 Å². The van der Waals surface area contributed by atoms with Gasteiger partial charge in [0.1, 0.15) is 5.75 Å². The fourth-order valence-electron chi connectivity index (χ4n) is 3.41. The normalized spacial score (nSPS) is 16.2. The number of aromatic nitrogens is 1. The van der Waals surface area contributed by atoms with Crippen molar-refractivity contribution in [2.24, 2.45) is 4.99 Å². The first-order valence-electron chi connectivity index (χ1n) is 9.05. The number of allylic oxidation sites excluding steroid dienone is 1. The predicted octanol–water partition coefficient (Wildman–Crippen LogP) is 2.88. The molecular formula is C22H17BrN2O4S. The van der Waals surface area contributed by atoms with E-state index >= 15 is 0 Å². The Labute approximate surface area is 184 Å². The fraction of sp³-hybridized carbons (Fsp3) is 0.136. The van der Waals surface area contributed by atoms with Gasteiger partial charge in [0.05, 0.1) is 33.4 Å². The van der Waals surface area contributed by atoms with E-state index in [4.69, 9.17) is 4.74 Å². The number of hydrogen-bond acceptors (Lipinski definition) is 6. The first kappa shape index (κ1) is 20.3. The Morgan fingerprint density at radius 1 is 1.27 bits per heavy atom. The molecule has 1 N–H and O–H groups in total. The standard InChI is InChI=1S/C22H17BrN2O4S/c1-12-18(21(28)29-2)19(14-6-4-3-5-7-14)25-20(27)17(30-22(25)24-12)11-13-8-9-16(26)15(23)10-13/h3-11,19,26H,1-2H3/b17-11-. The average Bonchev–Trinajstić information content (AvgIpc) is 3.04. The van der Waals surface area contributed by atoms with Crippen molar-refractivity contribution in [1.29, 1.82) is 0 Å². The lowest BCUT2D eigenvalue weighted by atomic mass is 9.96. The molecular weight excluding hydrogens is 468 g/mol. The number of phenolic OH excluding ortho intramolecular Hbond substituents is 1. The Morgan fingerprint density at radius 2 is 2.00 bits per heavy atom. The van der Waals surface area contributed by atoms with Crippen molar-refractivity contribution in [1.82, 2.24) is 4.57 Å². The molecule has 1 aliphatic heterocycles. The summed E-state index contributed by atoms with van der Waals surface area (Å²) in [4.78, 5) is 31.0. The molecule has 0 amide bonds. The molecule has 1 unspecified atom stereocenters. The molecule has 4 rings (SSSR count). The van der Waals surface area contributed by atoms with Gasteiger partial charge in [-0.1, -0.05) is 47.7 Å². The summed E-state index contributed by atoms with van der Waals surface area (Å²) in [5.41, 5.74) is 2.17. The van der Waals surface area contributed by atoms with Gasteiger partial charge in [0.2, 0.25) is 0 Å². The summed E-state index contributed by atoms with van der Waals surface area (Å²) in [6, 6.07) is 13.7. The van der Waals surface area contributed by atoms with Crippen LogP contribution in [0.3, 0.4) is 0 Å². The minimum absolute atomic E-state index is 0.121. The molecule has 1 atom stereocenters. The summed E-state index contributed by atoms with van der Waals surface area (Å²) in [5.74, 6) is -0.391. The molecule has 1 aromatic heterocycles. The highest BCUT2D eigenvalue weighted by Crippen LogP contribution is 2.30. The molecule has 8 heteroatoms. The van der Waals surface area contributed by atoms with Crippen LogP contribution in [0.4, 0.5) is 0 Å². The van der Waals surface area contributed by atoms with Crippen LogP contribution in [0.5, 0.6) is 5.75 Å². The molecule has 0 bridgehead atoms. The predicted molar refractivity (Wildman–Crippen MR) is 118 cm³/mol. The van der Waals surface area contributed by atoms with Crippen molar-refractivity contribution in [3.63, 3.8) is 0 Å². The number of benzene rings is 2. The van der Waals surface area contributed by atoms with Gasteiger partial charge in [-0.25, -0.2) is 9.79 Å². The number of methoxy groups -OCH3 is 1. The zero-order chi connectivity index (χ0) is 21.4. The molecule has 30 heavy (non-hydrogen) atoms. The Morgan fingerprint density at radius 3 is 2.67 bits per heavy atom. The molecule has 2 aromatic carbocycles. The number of ether oxygens (including phenoxy) is 1. The lowest BCUT2D eigenvalue weighted by Crippen LogP contribution is -2.39. The van der Waals surface area contributed by atoms with Crippen LogP contribution in [-0.2, 0) is 9.53 Å². The van der Waals surface area contributed by atoms with Crippen LogP contribution in [0.15, 0.2) is 74.1 Å². The number of halogens is 1. The second kappa shape index (κ2) is 8.04. The summed E-state index contributed by atoms with van der Waals surface area (Å²) in [5, 5.41) is 9.70. The third-order valence-corrected chi connectivity index (χ3v) is 6.43. The average molecular weight is 485 g/mol. The van der Waals surface area contributed by atoms with Gasteiger partial charge in [-0.15, -0.1) is 0 Å². The molecule has 6 nitrogen and oxygen atoms in total. The van der Waals surface area contributed by atoms with Crippen LogP contribution < -0.4 is 14.9 Å². The second-order valence-electron chi connectivity index (χ2n) is 6.69. The van der Waals surface area contributed by atoms with Gasteiger partial charge in [-0.05, 0) is 52.2 Å². The minimum atomic E-state index is -0.622. The van der Waals surface area contributed by atoms with E-state index in [1.165, 1.54) is 18.4 Å². The van der Waals surface area contributed by atoms with Crippen LogP contribution in [0.25, 0.3) is 6.08 Å². The number of aromatic hydroxyl groups is 1. The lowest BCUT2D eigenvalue weighted by Gasteiger charge is -2.24. The van der Waals surface area contributed by atoms with Crippen LogP contribution >= 0.6 is 27.3 Å². The summed E-state index contributed by atoms with van der Waals surface area (Å²) in [6.07, 6.45) is 1.74. The number of hydrogen-bond donors (Lipinski definition) is 1. The molecule has 0 spiro atoms. The third kappa shape index (κ3) is 3.53. The van der Waals surface area contributed by atoms with Gasteiger partial charge in [0.25, 0.3) is 5.56 Å². The SMILES string of the molecule is COC(=O)C1=C(C)N=c2s/c(=C\c3ccc(O)c(Br)c3)c(=O)n2C1c1ccccc1. The Bertz CT molecular complexity index is 1360. The van der Waals surface area contributed by atoms with Crippen LogP contribution in [0.2, 0.25) is 0 Å². The summed E-state index contributed by atoms with van der Waals surface area (Å²) < 4.78 is 7.55. The van der Waals surface area contributed by atoms with Crippen LogP contribution in [0, 0.1) is 0 Å². The smallest absolute Gasteiger partial charge is 0.338 e. The molecule has 0 fully saturated rings. The van der Waals surface area contributed by atoms with E-state index < -0.39 is 12.0 Å². The van der Waals surface area contributed by atoms with Crippen LogP contribution in [-0.4, -0.2) is 22.8 Å². The van der Waals surface area contributed by atoms with E-state index in [-0.39, 0.29) is 11.3 Å². The Balaban J connectivity index is 1.97. The zero-order valence-electron chi connectivity index (χ0n) is 16.1. The topological polar surface area (TPSA) is 80.9 Å². The number of phenols is 1. The summed E-state index contributed by atoms with van der Waals surface area (Å²) in [6.45, 7) is 1.75. The van der Waals surface area contributed by atoms with Gasteiger partial charge in [0.15, 0.2) is 4.80 Å². The quantitative estimate of drug-likeness (QED) is 0.579. The first-order valence-corrected chi connectivity index (χ1v) is 10.7. The zero-order valence-corrected chi connectivity index (χ0v) is 18.5. The number of esters is 1. The minimum Gasteiger partial charge on any atom is -0.507 e. The highest BCUT2D eigenvalue weighted by Gasteiger charge is 2.32. The largest absolute Gasteiger partial charge is 0.507 e. The summed E-state index contributed by atoms with van der Waals surface area (Å²) in [7, 11) is 1.32. The van der Waals surface area contributed by atoms with Crippen molar-refractivity contribution < 1.29 is 14.6 Å². The Kier molecular flexibility index (Phi) is 5.44. The molecule has 0 saturated heterocycles. The Hall–Kier alpha value is -2.97. The number of fused-ring (bicyclic) bond motifs is 1. The van der Waals surface area contributed by atoms with Crippen LogP contribution in [0.1, 0.15) is 24.1 Å². The number of carbonyl (C=O) groups is 1. The summed E-state index contributed by atoms with van der Waals surface area (Å²) >= 11 is 4.54. The van der Waals surface area contributed by atoms with Crippen molar-refractivity contribution in [2.75, 3.05) is 7.11 Å². The van der Waals surface area contributed by atoms with E-state index in [2.05, 4.69) is 20.9 Å². The fourth-order valence-corrected chi connectivity index (χ4v) is 4.85. The lowest BCUT2D eigenvalue weighted by molar-refractivity contribution is -0.136. The molecule has 2 heterocycles. The maximum atomic E-state index is 13.4. The van der Waals surface area contributed by atoms with Crippen molar-refractivity contribution in [3.8, 4) is 5.75 Å². The monoisotopic (exact) mass is 484 g/mol. The molecule has 0 saturated carbocycles. The number of carbonyl (C=O) groups excluding carboxylic acids is 1. The van der Waals surface area contributed by atoms with Gasteiger partial charge in [-0.2, -0.15) is 0 Å². The molecule has 0 aliphatic carbocycles. The maximum Gasteiger partial charge on any atom is 0.338 e. The third-order valence-electron chi connectivity index (χ3n) is 4.81. The van der Waals surface area contributed by atoms with Gasteiger partial charge in [0, 0.05) is 0 Å². The van der Waals surface area contributed by atoms with Gasteiger partial charge in [-0.3, -0.25) is 9.36 Å². The maximum absolute atomic E-state index is 13.4. The molecule has 1 aliphatic rings. The van der Waals surface area contributed by atoms with Crippen molar-refractivity contribution in [3.05, 3.63) is 95.1 Å². The highest BCUT2D eigenvalue weighted by atomic mass is 79.9. The van der Waals surface area contributed by atoms with Gasteiger partial charge >= 0.3 is 5.97 Å². The molecule has 152 valence electrons. The first-order chi connectivity index (χ1) is 14.4. The van der Waals surface area contributed by atoms with E-state index in [0.717, 1.165) is 11.1 Å². The van der Waals surface area contributed by atoms with E-state index in [1.807, 2.05) is 30.3 Å². The van der Waals surface area contributed by atoms with Crippen molar-refractivity contribution in [2.45, 2.75) is 13.0 Å². The highest BCUT2D eigenvalue weighted by molar-refractivity contribution is 9.10. The van der Waals surface area contributed by atoms with E-state index in [9.17, 15) is 14.7 Å². The molecule has 3 aromatic rings. The second-order valence-corrected chi connectivity index (χ2v) is 8.56. The molecule has 0 radical (unpaired) electrons. The van der Waals surface area contributed by atoms with Gasteiger partial charge < -0.3 is 9.84 Å². The number of nitrogens with zero attached hydrogens (tertiary/aromatic N) is 2. The van der Waals surface area contributed by atoms with E-state index in [1.54, 1.807) is 35.8 Å².